The van der Waals surface area contributed by atoms with Crippen LogP contribution in [0.4, 0.5) is 0 Å². The molecule has 2 bridgehead atoms. The van der Waals surface area contributed by atoms with Crippen LogP contribution in [0.25, 0.3) is 0 Å². The first kappa shape index (κ1) is 37.0. The van der Waals surface area contributed by atoms with Gasteiger partial charge in [0.25, 0.3) is 0 Å². The number of hydrogen-bond acceptors (Lipinski definition) is 9. The molecule has 260 valence electrons. The first-order valence-corrected chi connectivity index (χ1v) is 17.3. The third-order valence-electron chi connectivity index (χ3n) is 10.5. The predicted octanol–water partition coefficient (Wildman–Crippen LogP) is 5.45. The van der Waals surface area contributed by atoms with Gasteiger partial charge in [-0.05, 0) is 61.7 Å². The van der Waals surface area contributed by atoms with Gasteiger partial charge in [0.05, 0.1) is 31.5 Å². The molecule has 46 heavy (non-hydrogen) atoms. The van der Waals surface area contributed by atoms with Gasteiger partial charge >= 0.3 is 5.97 Å². The Labute approximate surface area is 276 Å². The summed E-state index contributed by atoms with van der Waals surface area (Å²) < 4.78 is 34.6. The van der Waals surface area contributed by atoms with Crippen LogP contribution in [0, 0.1) is 23.7 Å². The highest BCUT2D eigenvalue weighted by molar-refractivity contribution is 5.78. The van der Waals surface area contributed by atoms with Crippen LogP contribution in [-0.4, -0.2) is 92.1 Å². The van der Waals surface area contributed by atoms with E-state index in [0.717, 1.165) is 24.0 Å². The second-order valence-electron chi connectivity index (χ2n) is 13.9. The largest absolute Gasteiger partial charge is 0.462 e. The SMILES string of the molecule is CCC(C)[C@H]1OCCC[C@@H]1C.COCO[C@H]1/C(C)=C/C[C@@H]2CC(CCO2)OC(=O)C2C=C(C)[C@@H](O)[C@H]3OCC(=C/C=C/[C@@H]1C)[C@@]23O. The van der Waals surface area contributed by atoms with Crippen molar-refractivity contribution < 1.29 is 43.4 Å². The van der Waals surface area contributed by atoms with Crippen LogP contribution in [0.15, 0.2) is 47.1 Å². The Balaban J connectivity index is 0.000000369. The number of aliphatic hydroxyl groups is 2. The molecule has 4 aliphatic heterocycles. The lowest BCUT2D eigenvalue weighted by atomic mass is 9.71. The van der Waals surface area contributed by atoms with Gasteiger partial charge in [0, 0.05) is 32.5 Å². The van der Waals surface area contributed by atoms with Crippen molar-refractivity contribution in [3.05, 3.63) is 47.1 Å². The Kier molecular flexibility index (Phi) is 13.7. The molecule has 0 saturated carbocycles. The number of carbonyl (C=O) groups excluding carboxylic acids is 1. The van der Waals surface area contributed by atoms with Gasteiger partial charge in [0.1, 0.15) is 36.6 Å². The highest BCUT2D eigenvalue weighted by Crippen LogP contribution is 2.45. The van der Waals surface area contributed by atoms with Crippen molar-refractivity contribution in [1.82, 2.24) is 0 Å². The molecule has 2 N–H and O–H groups in total. The number of allylic oxidation sites excluding steroid dienone is 2. The number of ether oxygens (including phenoxy) is 6. The molecule has 0 spiro atoms. The molecule has 5 aliphatic rings. The minimum absolute atomic E-state index is 0.0128. The Bertz CT molecular complexity index is 1120. The summed E-state index contributed by atoms with van der Waals surface area (Å²) in [5.74, 6) is 0.0578. The van der Waals surface area contributed by atoms with Crippen molar-refractivity contribution in [2.45, 2.75) is 122 Å². The first-order chi connectivity index (χ1) is 22.0. The average Bonchev–Trinajstić information content (AvgIpc) is 3.38. The van der Waals surface area contributed by atoms with E-state index in [1.54, 1.807) is 26.2 Å². The fraction of sp³-hybridized carbons (Fsp3) is 0.757. The van der Waals surface area contributed by atoms with E-state index in [-0.39, 0.29) is 37.6 Å². The molecule has 5 rings (SSSR count). The highest BCUT2D eigenvalue weighted by atomic mass is 16.7. The zero-order chi connectivity index (χ0) is 33.4. The van der Waals surface area contributed by atoms with E-state index in [1.165, 1.54) is 19.3 Å². The fourth-order valence-corrected chi connectivity index (χ4v) is 7.46. The van der Waals surface area contributed by atoms with Crippen molar-refractivity contribution in [3.8, 4) is 0 Å². The van der Waals surface area contributed by atoms with Gasteiger partial charge in [-0.15, -0.1) is 0 Å². The van der Waals surface area contributed by atoms with E-state index in [1.807, 2.05) is 19.1 Å². The van der Waals surface area contributed by atoms with E-state index >= 15 is 0 Å². The zero-order valence-corrected chi connectivity index (χ0v) is 29.0. The normalized spacial score (nSPS) is 40.9. The van der Waals surface area contributed by atoms with Crippen LogP contribution in [0.1, 0.15) is 80.1 Å². The van der Waals surface area contributed by atoms with Gasteiger partial charge < -0.3 is 38.6 Å². The number of methoxy groups -OCH3 is 1. The second-order valence-corrected chi connectivity index (χ2v) is 13.9. The van der Waals surface area contributed by atoms with Crippen molar-refractivity contribution in [2.24, 2.45) is 23.7 Å². The van der Waals surface area contributed by atoms with Crippen LogP contribution >= 0.6 is 0 Å². The molecule has 0 amide bonds. The molecular formula is C37H58O9. The lowest BCUT2D eigenvalue weighted by Crippen LogP contribution is -2.57. The summed E-state index contributed by atoms with van der Waals surface area (Å²) in [6.45, 7) is 14.5. The number of esters is 1. The van der Waals surface area contributed by atoms with Gasteiger partial charge in [0.2, 0.25) is 0 Å². The molecule has 0 radical (unpaired) electrons. The van der Waals surface area contributed by atoms with E-state index < -0.39 is 29.7 Å². The summed E-state index contributed by atoms with van der Waals surface area (Å²) in [4.78, 5) is 13.4. The first-order valence-electron chi connectivity index (χ1n) is 17.3. The molecule has 4 heterocycles. The lowest BCUT2D eigenvalue weighted by Gasteiger charge is -2.41. The lowest BCUT2D eigenvalue weighted by molar-refractivity contribution is -0.173. The molecule has 0 aromatic rings. The van der Waals surface area contributed by atoms with Gasteiger partial charge in [-0.1, -0.05) is 64.5 Å². The zero-order valence-electron chi connectivity index (χ0n) is 29.0. The van der Waals surface area contributed by atoms with Crippen molar-refractivity contribution >= 4 is 5.97 Å². The predicted molar refractivity (Wildman–Crippen MR) is 176 cm³/mol. The molecule has 3 fully saturated rings. The Morgan fingerprint density at radius 1 is 1.09 bits per heavy atom. The van der Waals surface area contributed by atoms with Crippen molar-refractivity contribution in [2.75, 3.05) is 33.7 Å². The summed E-state index contributed by atoms with van der Waals surface area (Å²) >= 11 is 0. The molecular weight excluding hydrogens is 588 g/mol. The Morgan fingerprint density at radius 3 is 2.59 bits per heavy atom. The molecule has 9 heteroatoms. The minimum Gasteiger partial charge on any atom is -0.462 e. The van der Waals surface area contributed by atoms with Gasteiger partial charge in [0.15, 0.2) is 0 Å². The quantitative estimate of drug-likeness (QED) is 0.229. The Hall–Kier alpha value is -1.85. The van der Waals surface area contributed by atoms with E-state index in [4.69, 9.17) is 28.4 Å². The van der Waals surface area contributed by atoms with Crippen LogP contribution in [0.5, 0.6) is 0 Å². The number of carbonyl (C=O) groups is 1. The van der Waals surface area contributed by atoms with E-state index in [0.29, 0.717) is 43.1 Å². The van der Waals surface area contributed by atoms with Gasteiger partial charge in [-0.2, -0.15) is 0 Å². The fourth-order valence-electron chi connectivity index (χ4n) is 7.46. The third-order valence-corrected chi connectivity index (χ3v) is 10.5. The monoisotopic (exact) mass is 646 g/mol. The third kappa shape index (κ3) is 8.59. The molecule has 0 aromatic carbocycles. The maximum Gasteiger partial charge on any atom is 0.316 e. The van der Waals surface area contributed by atoms with Crippen LogP contribution in [0.2, 0.25) is 0 Å². The smallest absolute Gasteiger partial charge is 0.316 e. The molecule has 0 aromatic heterocycles. The Morgan fingerprint density at radius 2 is 1.87 bits per heavy atom. The second kappa shape index (κ2) is 17.0. The topological polar surface area (TPSA) is 113 Å². The number of hydrogen-bond donors (Lipinski definition) is 2. The summed E-state index contributed by atoms with van der Waals surface area (Å²) in [5.41, 5.74) is 0.507. The standard InChI is InChI=1S/C27H38O8.C10H20O/c1-16-6-5-7-19-14-33-25-23(28)18(3)12-22(27(19,25)30)26(29)35-21-10-11-32-20(13-21)9-8-17(2)24(16)34-15-31-4;1-4-8(2)10-9(3)6-5-7-11-10/h5-8,12,16,20-25,28,30H,9-11,13-15H2,1-4H3;8-10H,4-7H2,1-3H3/b6-5+,17-8+,19-7?;/t16-,20+,21?,22?,23+,24+,25+,27+;8?,9-,10+/m00/s1. The molecule has 3 unspecified atom stereocenters. The maximum atomic E-state index is 13.4. The summed E-state index contributed by atoms with van der Waals surface area (Å²) in [6, 6.07) is 0. The maximum absolute atomic E-state index is 13.4. The van der Waals surface area contributed by atoms with Crippen molar-refractivity contribution in [3.63, 3.8) is 0 Å². The van der Waals surface area contributed by atoms with Crippen LogP contribution in [-0.2, 0) is 33.2 Å². The number of fused-ring (bicyclic) bond motifs is 2. The number of aliphatic hydroxyl groups excluding tert-OH is 1. The van der Waals surface area contributed by atoms with Gasteiger partial charge in [-0.3, -0.25) is 4.79 Å². The average molecular weight is 647 g/mol. The molecule has 1 aliphatic carbocycles. The summed E-state index contributed by atoms with van der Waals surface area (Å²) in [5, 5.41) is 22.6. The molecule has 11 atom stereocenters. The van der Waals surface area contributed by atoms with Crippen molar-refractivity contribution in [1.29, 1.82) is 0 Å². The van der Waals surface area contributed by atoms with E-state index in [9.17, 15) is 15.0 Å². The van der Waals surface area contributed by atoms with Crippen LogP contribution < -0.4 is 0 Å². The van der Waals surface area contributed by atoms with Gasteiger partial charge in [-0.25, -0.2) is 0 Å². The van der Waals surface area contributed by atoms with E-state index in [2.05, 4.69) is 33.8 Å². The molecule has 3 saturated heterocycles. The van der Waals surface area contributed by atoms with Crippen LogP contribution in [0.3, 0.4) is 0 Å². The highest BCUT2D eigenvalue weighted by Gasteiger charge is 2.59. The summed E-state index contributed by atoms with van der Waals surface area (Å²) in [7, 11) is 1.60. The minimum atomic E-state index is -1.69. The number of rotatable bonds is 5. The summed E-state index contributed by atoms with van der Waals surface area (Å²) in [6.07, 6.45) is 13.1. The molecule has 9 nitrogen and oxygen atoms in total.